The predicted octanol–water partition coefficient (Wildman–Crippen LogP) is 4.86. The molecule has 2 aromatic carbocycles. The molecule has 1 nitrogen and oxygen atoms in total. The van der Waals surface area contributed by atoms with Crippen molar-refractivity contribution >= 4 is 10.0 Å². The van der Waals surface area contributed by atoms with Crippen molar-refractivity contribution < 1.29 is 0 Å². The quantitative estimate of drug-likeness (QED) is 0.548. The van der Waals surface area contributed by atoms with Gasteiger partial charge in [0.1, 0.15) is 5.40 Å². The summed E-state index contributed by atoms with van der Waals surface area (Å²) in [5.74, 6) is 2.46. The summed E-state index contributed by atoms with van der Waals surface area (Å²) in [6.45, 7) is 3.85. The molecule has 20 heavy (non-hydrogen) atoms. The van der Waals surface area contributed by atoms with E-state index in [0.717, 1.165) is 17.3 Å². The van der Waals surface area contributed by atoms with E-state index in [0.29, 0.717) is 0 Å². The lowest BCUT2D eigenvalue weighted by Gasteiger charge is -2.31. The van der Waals surface area contributed by atoms with Crippen molar-refractivity contribution in [2.75, 3.05) is 5.75 Å². The molecule has 0 amide bonds. The predicted molar refractivity (Wildman–Crippen MR) is 88.6 cm³/mol. The molecule has 0 N–H and O–H groups in total. The molecule has 0 aliphatic heterocycles. The molecule has 0 aliphatic carbocycles. The molecule has 0 heterocycles. The van der Waals surface area contributed by atoms with Crippen molar-refractivity contribution in [1.29, 1.82) is 5.26 Å². The average Bonchev–Trinajstić information content (AvgIpc) is 2.49. The first-order valence-corrected chi connectivity index (χ1v) is 8.78. The highest BCUT2D eigenvalue weighted by atomic mass is 32.3. The van der Waals surface area contributed by atoms with Crippen LogP contribution in [0.1, 0.15) is 11.1 Å². The molecular formula is C18H19NS. The molecule has 2 aromatic rings. The smallest absolute Gasteiger partial charge is 0.114 e. The minimum Gasteiger partial charge on any atom is -0.187 e. The van der Waals surface area contributed by atoms with Crippen LogP contribution in [0.3, 0.4) is 0 Å². The van der Waals surface area contributed by atoms with Gasteiger partial charge in [0, 0.05) is 17.3 Å². The molecule has 0 saturated carbocycles. The first-order valence-electron chi connectivity index (χ1n) is 6.64. The van der Waals surface area contributed by atoms with Crippen LogP contribution in [-0.4, -0.2) is 5.75 Å². The molecule has 0 saturated heterocycles. The van der Waals surface area contributed by atoms with Crippen LogP contribution in [-0.2, 0) is 11.5 Å². The number of hydrogen-bond acceptors (Lipinski definition) is 1. The molecule has 102 valence electrons. The summed E-state index contributed by atoms with van der Waals surface area (Å²) in [6.07, 6.45) is 1.89. The molecule has 0 spiro atoms. The molecule has 0 atom stereocenters. The van der Waals surface area contributed by atoms with Gasteiger partial charge in [0.15, 0.2) is 0 Å². The number of hydrogen-bond donors (Lipinski definition) is 0. The van der Waals surface area contributed by atoms with Gasteiger partial charge in [-0.05, 0) is 11.1 Å². The molecule has 2 rings (SSSR count). The fraction of sp³-hybridized carbons (Fsp3) is 0.167. The summed E-state index contributed by atoms with van der Waals surface area (Å²) in [5.41, 5.74) is 2.48. The Bertz CT molecular complexity index is 542. The standard InChI is InChI=1S/C18H19NS/c1-2-13-20(16-19,14-17-9-5-3-6-10-17)15-18-11-7-4-8-12-18/h2-12H,1,13-15H2. The van der Waals surface area contributed by atoms with Crippen LogP contribution in [0.4, 0.5) is 0 Å². The Morgan fingerprint density at radius 1 is 0.900 bits per heavy atom. The summed E-state index contributed by atoms with van der Waals surface area (Å²) in [5, 5.41) is 12.4. The van der Waals surface area contributed by atoms with Crippen LogP contribution in [0, 0.1) is 10.7 Å². The SMILES string of the molecule is C=CCS(C#N)(Cc1ccccc1)Cc1ccccc1. The van der Waals surface area contributed by atoms with Gasteiger partial charge in [0.2, 0.25) is 0 Å². The van der Waals surface area contributed by atoms with Crippen molar-refractivity contribution in [3.05, 3.63) is 84.4 Å². The Morgan fingerprint density at radius 3 is 1.70 bits per heavy atom. The van der Waals surface area contributed by atoms with E-state index in [4.69, 9.17) is 0 Å². The molecule has 0 bridgehead atoms. The van der Waals surface area contributed by atoms with Gasteiger partial charge in [-0.15, -0.1) is 16.6 Å². The fourth-order valence-corrected chi connectivity index (χ4v) is 4.94. The van der Waals surface area contributed by atoms with Crippen molar-refractivity contribution in [3.63, 3.8) is 0 Å². The second-order valence-corrected chi connectivity index (χ2v) is 8.04. The topological polar surface area (TPSA) is 23.8 Å². The molecule has 0 aliphatic rings. The Hall–Kier alpha value is -1.98. The third kappa shape index (κ3) is 3.76. The third-order valence-electron chi connectivity index (χ3n) is 3.20. The highest BCUT2D eigenvalue weighted by Gasteiger charge is 2.23. The highest BCUT2D eigenvalue weighted by molar-refractivity contribution is 8.36. The normalized spacial score (nSPS) is 11.6. The maximum atomic E-state index is 9.77. The highest BCUT2D eigenvalue weighted by Crippen LogP contribution is 2.52. The molecular weight excluding hydrogens is 262 g/mol. The van der Waals surface area contributed by atoms with E-state index in [9.17, 15) is 5.26 Å². The second kappa shape index (κ2) is 6.98. The molecule has 0 aromatic heterocycles. The Kier molecular flexibility index (Phi) is 5.03. The Labute approximate surface area is 122 Å². The van der Waals surface area contributed by atoms with E-state index in [2.05, 4.69) is 36.2 Å². The average molecular weight is 281 g/mol. The van der Waals surface area contributed by atoms with E-state index in [1.165, 1.54) is 11.1 Å². The van der Waals surface area contributed by atoms with Gasteiger partial charge in [0.25, 0.3) is 0 Å². The van der Waals surface area contributed by atoms with Gasteiger partial charge in [-0.2, -0.15) is 5.26 Å². The van der Waals surface area contributed by atoms with E-state index >= 15 is 0 Å². The largest absolute Gasteiger partial charge is 0.187 e. The Balaban J connectivity index is 2.26. The van der Waals surface area contributed by atoms with Crippen LogP contribution in [0.15, 0.2) is 73.3 Å². The second-order valence-electron chi connectivity index (χ2n) is 4.85. The maximum absolute atomic E-state index is 9.77. The Morgan fingerprint density at radius 2 is 1.35 bits per heavy atom. The van der Waals surface area contributed by atoms with Gasteiger partial charge in [-0.25, -0.2) is 0 Å². The van der Waals surface area contributed by atoms with Crippen LogP contribution in [0.25, 0.3) is 0 Å². The molecule has 0 radical (unpaired) electrons. The van der Waals surface area contributed by atoms with Crippen LogP contribution >= 0.6 is 10.0 Å². The van der Waals surface area contributed by atoms with Gasteiger partial charge in [-0.1, -0.05) is 66.7 Å². The van der Waals surface area contributed by atoms with E-state index in [1.54, 1.807) is 0 Å². The number of nitrogens with zero attached hydrogens (tertiary/aromatic N) is 1. The summed E-state index contributed by atoms with van der Waals surface area (Å²) in [4.78, 5) is 0. The number of benzene rings is 2. The molecule has 0 fully saturated rings. The van der Waals surface area contributed by atoms with Gasteiger partial charge in [0.05, 0.1) is 0 Å². The maximum Gasteiger partial charge on any atom is 0.114 e. The minimum atomic E-state index is -1.40. The van der Waals surface area contributed by atoms with Crippen LogP contribution in [0.5, 0.6) is 0 Å². The summed E-state index contributed by atoms with van der Waals surface area (Å²) in [7, 11) is -1.40. The minimum absolute atomic E-state index is 0.785. The van der Waals surface area contributed by atoms with Gasteiger partial charge in [-0.3, -0.25) is 0 Å². The summed E-state index contributed by atoms with van der Waals surface area (Å²) in [6, 6.07) is 20.6. The third-order valence-corrected chi connectivity index (χ3v) is 6.24. The fourth-order valence-electron chi connectivity index (χ4n) is 2.28. The lowest BCUT2D eigenvalue weighted by Crippen LogP contribution is -2.08. The van der Waals surface area contributed by atoms with E-state index < -0.39 is 10.0 Å². The van der Waals surface area contributed by atoms with E-state index in [-0.39, 0.29) is 0 Å². The van der Waals surface area contributed by atoms with Crippen LogP contribution in [0.2, 0.25) is 0 Å². The number of thiocyanates is 1. The molecule has 0 unspecified atom stereocenters. The summed E-state index contributed by atoms with van der Waals surface area (Å²) >= 11 is 0. The van der Waals surface area contributed by atoms with Gasteiger partial charge < -0.3 is 0 Å². The summed E-state index contributed by atoms with van der Waals surface area (Å²) < 4.78 is 0. The zero-order chi connectivity index (χ0) is 14.3. The molecule has 2 heteroatoms. The zero-order valence-electron chi connectivity index (χ0n) is 11.5. The first-order chi connectivity index (χ1) is 9.78. The van der Waals surface area contributed by atoms with Crippen molar-refractivity contribution in [2.24, 2.45) is 0 Å². The zero-order valence-corrected chi connectivity index (χ0v) is 12.4. The van der Waals surface area contributed by atoms with Gasteiger partial charge >= 0.3 is 0 Å². The number of rotatable bonds is 6. The van der Waals surface area contributed by atoms with E-state index in [1.807, 2.05) is 42.5 Å². The van der Waals surface area contributed by atoms with Crippen molar-refractivity contribution in [1.82, 2.24) is 0 Å². The number of nitriles is 1. The lowest BCUT2D eigenvalue weighted by molar-refractivity contribution is 1.31. The van der Waals surface area contributed by atoms with Crippen molar-refractivity contribution in [3.8, 4) is 5.40 Å². The van der Waals surface area contributed by atoms with Crippen molar-refractivity contribution in [2.45, 2.75) is 11.5 Å². The monoisotopic (exact) mass is 281 g/mol. The first kappa shape index (κ1) is 14.4. The lowest BCUT2D eigenvalue weighted by atomic mass is 10.2. The van der Waals surface area contributed by atoms with Crippen LogP contribution < -0.4 is 0 Å².